The third-order valence-electron chi connectivity index (χ3n) is 5.53. The van der Waals surface area contributed by atoms with Gasteiger partial charge in [-0.05, 0) is 31.0 Å². The van der Waals surface area contributed by atoms with Crippen LogP contribution in [0.2, 0.25) is 0 Å². The molecule has 0 fully saturated rings. The summed E-state index contributed by atoms with van der Waals surface area (Å²) in [7, 11) is 0. The Labute approximate surface area is 165 Å². The summed E-state index contributed by atoms with van der Waals surface area (Å²) < 4.78 is 0. The van der Waals surface area contributed by atoms with E-state index in [1.165, 1.54) is 82.7 Å². The summed E-state index contributed by atoms with van der Waals surface area (Å²) in [6, 6.07) is 9.60. The highest BCUT2D eigenvalue weighted by Gasteiger charge is 2.16. The van der Waals surface area contributed by atoms with Crippen LogP contribution in [0.3, 0.4) is 0 Å². The van der Waals surface area contributed by atoms with Gasteiger partial charge in [0.2, 0.25) is 0 Å². The number of phenols is 1. The van der Waals surface area contributed by atoms with E-state index in [-0.39, 0.29) is 0 Å². The number of para-hydroxylation sites is 1. The molecule has 0 radical (unpaired) electrons. The van der Waals surface area contributed by atoms with E-state index >= 15 is 0 Å². The van der Waals surface area contributed by atoms with E-state index in [1.54, 1.807) is 6.07 Å². The largest absolute Gasteiger partial charge is 0.507 e. The zero-order chi connectivity index (χ0) is 19.3. The summed E-state index contributed by atoms with van der Waals surface area (Å²) in [5.41, 5.74) is 2.90. The van der Waals surface area contributed by atoms with Gasteiger partial charge >= 0.3 is 0 Å². The van der Waals surface area contributed by atoms with Crippen molar-refractivity contribution in [3.8, 4) is 17.0 Å². The number of rotatable bonds is 14. The Bertz CT molecular complexity index is 635. The third-order valence-corrected chi connectivity index (χ3v) is 5.53. The number of aromatic hydroxyl groups is 1. The number of H-pyrrole nitrogens is 1. The Morgan fingerprint density at radius 1 is 0.852 bits per heavy atom. The van der Waals surface area contributed by atoms with Crippen LogP contribution in [-0.2, 0) is 0 Å². The fourth-order valence-electron chi connectivity index (χ4n) is 3.82. The van der Waals surface area contributed by atoms with Crippen LogP contribution < -0.4 is 0 Å². The minimum Gasteiger partial charge on any atom is -0.507 e. The van der Waals surface area contributed by atoms with Crippen molar-refractivity contribution in [2.45, 2.75) is 96.8 Å². The van der Waals surface area contributed by atoms with Gasteiger partial charge in [-0.2, -0.15) is 5.10 Å². The lowest BCUT2D eigenvalue weighted by atomic mass is 9.91. The molecule has 0 saturated carbocycles. The van der Waals surface area contributed by atoms with Gasteiger partial charge in [-0.25, -0.2) is 0 Å². The lowest BCUT2D eigenvalue weighted by molar-refractivity contribution is 0.477. The van der Waals surface area contributed by atoms with Crippen LogP contribution in [0.25, 0.3) is 11.3 Å². The molecule has 2 N–H and O–H groups in total. The third kappa shape index (κ3) is 7.40. The minimum atomic E-state index is 0.297. The Morgan fingerprint density at radius 3 is 2.11 bits per heavy atom. The van der Waals surface area contributed by atoms with Crippen LogP contribution in [0.15, 0.2) is 30.3 Å². The van der Waals surface area contributed by atoms with E-state index in [0.29, 0.717) is 11.7 Å². The van der Waals surface area contributed by atoms with Crippen molar-refractivity contribution in [3.63, 3.8) is 0 Å². The van der Waals surface area contributed by atoms with E-state index in [1.807, 2.05) is 18.2 Å². The quantitative estimate of drug-likeness (QED) is 0.337. The first-order valence-electron chi connectivity index (χ1n) is 11.1. The van der Waals surface area contributed by atoms with Crippen molar-refractivity contribution in [3.05, 3.63) is 36.0 Å². The molecule has 1 aromatic carbocycles. The molecule has 0 aliphatic carbocycles. The first-order valence-corrected chi connectivity index (χ1v) is 11.1. The smallest absolute Gasteiger partial charge is 0.125 e. The van der Waals surface area contributed by atoms with Gasteiger partial charge in [0.1, 0.15) is 5.75 Å². The summed E-state index contributed by atoms with van der Waals surface area (Å²) in [4.78, 5) is 0. The number of nitrogens with one attached hydrogen (secondary N) is 1. The van der Waals surface area contributed by atoms with Crippen LogP contribution in [0.4, 0.5) is 0 Å². The van der Waals surface area contributed by atoms with Crippen LogP contribution in [0.5, 0.6) is 5.75 Å². The highest BCUT2D eigenvalue weighted by atomic mass is 16.3. The monoisotopic (exact) mass is 370 g/mol. The van der Waals surface area contributed by atoms with Crippen molar-refractivity contribution in [2.24, 2.45) is 0 Å². The zero-order valence-corrected chi connectivity index (χ0v) is 17.3. The fraction of sp³-hybridized carbons (Fsp3) is 0.625. The molecule has 2 aromatic rings. The van der Waals surface area contributed by atoms with Gasteiger partial charge in [-0.15, -0.1) is 0 Å². The predicted molar refractivity (Wildman–Crippen MR) is 115 cm³/mol. The molecule has 1 aromatic heterocycles. The summed E-state index contributed by atoms with van der Waals surface area (Å²) in [5.74, 6) is 0.853. The second-order valence-corrected chi connectivity index (χ2v) is 7.83. The molecule has 0 bridgehead atoms. The maximum Gasteiger partial charge on any atom is 0.125 e. The van der Waals surface area contributed by atoms with Crippen LogP contribution in [0.1, 0.15) is 103 Å². The highest BCUT2D eigenvalue weighted by Crippen LogP contribution is 2.32. The van der Waals surface area contributed by atoms with E-state index in [2.05, 4.69) is 30.1 Å². The zero-order valence-electron chi connectivity index (χ0n) is 17.3. The number of hydrogen-bond acceptors (Lipinski definition) is 2. The number of phenolic OH excluding ortho intramolecular Hbond substituents is 1. The molecule has 27 heavy (non-hydrogen) atoms. The molecule has 0 amide bonds. The summed E-state index contributed by atoms with van der Waals surface area (Å²) >= 11 is 0. The van der Waals surface area contributed by atoms with E-state index in [9.17, 15) is 5.11 Å². The van der Waals surface area contributed by atoms with Gasteiger partial charge in [0.25, 0.3) is 0 Å². The predicted octanol–water partition coefficient (Wildman–Crippen LogP) is 7.59. The number of benzene rings is 1. The molecule has 3 heteroatoms. The molecule has 1 atom stereocenters. The molecular formula is C24H38N2O. The lowest BCUT2D eigenvalue weighted by Crippen LogP contribution is -2.00. The molecule has 0 spiro atoms. The van der Waals surface area contributed by atoms with Gasteiger partial charge in [-0.1, -0.05) is 90.2 Å². The average Bonchev–Trinajstić information content (AvgIpc) is 3.16. The van der Waals surface area contributed by atoms with Gasteiger partial charge in [0, 0.05) is 17.2 Å². The van der Waals surface area contributed by atoms with Gasteiger partial charge in [-0.3, -0.25) is 5.10 Å². The molecule has 3 nitrogen and oxygen atoms in total. The fourth-order valence-corrected chi connectivity index (χ4v) is 3.82. The number of aromatic amines is 1. The first kappa shape index (κ1) is 21.5. The van der Waals surface area contributed by atoms with Crippen molar-refractivity contribution < 1.29 is 5.11 Å². The standard InChI is InChI=1S/C24H38N2O/c1-3-5-7-9-10-12-16-20(15-11-8-6-4-2)22-19-23(26-25-22)21-17-13-14-18-24(21)27/h13-14,17-20,27H,3-12,15-16H2,1-2H3,(H,25,26). The highest BCUT2D eigenvalue weighted by molar-refractivity contribution is 5.66. The second-order valence-electron chi connectivity index (χ2n) is 7.83. The minimum absolute atomic E-state index is 0.297. The van der Waals surface area contributed by atoms with Crippen molar-refractivity contribution in [1.29, 1.82) is 0 Å². The van der Waals surface area contributed by atoms with Crippen LogP contribution in [0, 0.1) is 0 Å². The molecule has 1 heterocycles. The SMILES string of the molecule is CCCCCCCCC(CCCCCC)c1cc(-c2ccccc2O)n[nH]1. The Morgan fingerprint density at radius 2 is 1.44 bits per heavy atom. The molecular weight excluding hydrogens is 332 g/mol. The average molecular weight is 371 g/mol. The second kappa shape index (κ2) is 12.6. The van der Waals surface area contributed by atoms with Crippen molar-refractivity contribution in [1.82, 2.24) is 10.2 Å². The number of unbranched alkanes of at least 4 members (excludes halogenated alkanes) is 8. The number of hydrogen-bond donors (Lipinski definition) is 2. The first-order chi connectivity index (χ1) is 13.3. The van der Waals surface area contributed by atoms with E-state index < -0.39 is 0 Å². The molecule has 2 rings (SSSR count). The molecule has 1 unspecified atom stereocenters. The molecule has 0 saturated heterocycles. The van der Waals surface area contributed by atoms with E-state index in [4.69, 9.17) is 0 Å². The Hall–Kier alpha value is -1.77. The molecule has 150 valence electrons. The topological polar surface area (TPSA) is 48.9 Å². The van der Waals surface area contributed by atoms with Gasteiger partial charge < -0.3 is 5.11 Å². The van der Waals surface area contributed by atoms with Crippen LogP contribution in [-0.4, -0.2) is 15.3 Å². The summed E-state index contributed by atoms with van der Waals surface area (Å²) in [6.07, 6.45) is 15.7. The number of aromatic nitrogens is 2. The Kier molecular flexibility index (Phi) is 10.0. The molecule has 0 aliphatic rings. The van der Waals surface area contributed by atoms with Gasteiger partial charge in [0.05, 0.1) is 5.69 Å². The Balaban J connectivity index is 1.96. The maximum atomic E-state index is 10.1. The summed E-state index contributed by atoms with van der Waals surface area (Å²) in [6.45, 7) is 4.54. The van der Waals surface area contributed by atoms with Crippen molar-refractivity contribution in [2.75, 3.05) is 0 Å². The normalized spacial score (nSPS) is 12.4. The summed E-state index contributed by atoms with van der Waals surface area (Å²) in [5, 5.41) is 17.9. The van der Waals surface area contributed by atoms with Gasteiger partial charge in [0.15, 0.2) is 0 Å². The van der Waals surface area contributed by atoms with E-state index in [0.717, 1.165) is 11.3 Å². The van der Waals surface area contributed by atoms with Crippen LogP contribution >= 0.6 is 0 Å². The maximum absolute atomic E-state index is 10.1. The molecule has 0 aliphatic heterocycles. The number of nitrogens with zero attached hydrogens (tertiary/aromatic N) is 1. The lowest BCUT2D eigenvalue weighted by Gasteiger charge is -2.15. The van der Waals surface area contributed by atoms with Crippen molar-refractivity contribution >= 4 is 0 Å².